The lowest BCUT2D eigenvalue weighted by Gasteiger charge is -2.32. The number of hydrogen-bond acceptors (Lipinski definition) is 4. The molecule has 2 aliphatic rings. The fourth-order valence-corrected chi connectivity index (χ4v) is 5.88. The zero-order chi connectivity index (χ0) is 27.7. The van der Waals surface area contributed by atoms with Crippen LogP contribution in [0.25, 0.3) is 0 Å². The van der Waals surface area contributed by atoms with E-state index in [1.165, 1.54) is 30.5 Å². The first-order chi connectivity index (χ1) is 19.6. The maximum absolute atomic E-state index is 13.1. The molecule has 40 heavy (non-hydrogen) atoms. The number of halogens is 1. The molecule has 1 atom stereocenters. The number of ether oxygens (including phenoxy) is 1. The summed E-state index contributed by atoms with van der Waals surface area (Å²) in [5.41, 5.74) is 3.76. The number of Topliss-reactive ketones (excluding diaryl/α,β-unsaturated/α-hetero) is 1. The summed E-state index contributed by atoms with van der Waals surface area (Å²) in [5.74, 6) is 7.07. The van der Waals surface area contributed by atoms with Crippen molar-refractivity contribution in [3.05, 3.63) is 101 Å². The van der Waals surface area contributed by atoms with Gasteiger partial charge in [0.25, 0.3) is 0 Å². The monoisotopic (exact) mass is 538 g/mol. The second kappa shape index (κ2) is 13.7. The van der Waals surface area contributed by atoms with E-state index in [1.54, 1.807) is 12.1 Å². The molecule has 5 heteroatoms. The lowest BCUT2D eigenvalue weighted by atomic mass is 10.0. The van der Waals surface area contributed by atoms with Crippen molar-refractivity contribution in [2.75, 3.05) is 26.2 Å². The van der Waals surface area contributed by atoms with Gasteiger partial charge in [-0.05, 0) is 99.3 Å². The highest BCUT2D eigenvalue weighted by molar-refractivity contribution is 5.96. The fraction of sp³-hybridized carbons (Fsp3) is 0.400. The third kappa shape index (κ3) is 7.81. The Hall–Kier alpha value is -3.46. The summed E-state index contributed by atoms with van der Waals surface area (Å²) >= 11 is 0. The average molecular weight is 539 g/mol. The average Bonchev–Trinajstić information content (AvgIpc) is 3.45. The Morgan fingerprint density at radius 1 is 0.925 bits per heavy atom. The molecule has 0 aliphatic carbocycles. The number of hydrogen-bond donors (Lipinski definition) is 0. The second-order valence-electron chi connectivity index (χ2n) is 11.0. The van der Waals surface area contributed by atoms with Crippen LogP contribution in [0, 0.1) is 17.7 Å². The smallest absolute Gasteiger partial charge is 0.163 e. The van der Waals surface area contributed by atoms with Gasteiger partial charge in [-0.25, -0.2) is 4.39 Å². The molecular weight excluding hydrogens is 499 g/mol. The fourth-order valence-electron chi connectivity index (χ4n) is 5.88. The first-order valence-electron chi connectivity index (χ1n) is 14.7. The van der Waals surface area contributed by atoms with E-state index in [2.05, 4.69) is 40.7 Å². The summed E-state index contributed by atoms with van der Waals surface area (Å²) in [5, 5.41) is 0. The van der Waals surface area contributed by atoms with E-state index in [-0.39, 0.29) is 17.7 Å². The van der Waals surface area contributed by atoms with Gasteiger partial charge in [-0.1, -0.05) is 43.0 Å². The lowest BCUT2D eigenvalue weighted by molar-refractivity contribution is 0.0945. The number of carbonyl (C=O) groups excluding carboxylic acids is 1. The molecule has 0 amide bonds. The summed E-state index contributed by atoms with van der Waals surface area (Å²) in [6.45, 7) is 7.24. The summed E-state index contributed by atoms with van der Waals surface area (Å²) in [6, 6.07) is 22.9. The second-order valence-corrected chi connectivity index (χ2v) is 11.0. The van der Waals surface area contributed by atoms with Gasteiger partial charge in [0.1, 0.15) is 17.7 Å². The highest BCUT2D eigenvalue weighted by Gasteiger charge is 2.24. The number of benzene rings is 3. The van der Waals surface area contributed by atoms with E-state index >= 15 is 0 Å². The van der Waals surface area contributed by atoms with Crippen LogP contribution in [0.4, 0.5) is 4.39 Å². The van der Waals surface area contributed by atoms with Gasteiger partial charge in [-0.15, -0.1) is 0 Å². The Morgan fingerprint density at radius 3 is 2.50 bits per heavy atom. The molecule has 3 aromatic rings. The van der Waals surface area contributed by atoms with Crippen molar-refractivity contribution >= 4 is 5.78 Å². The summed E-state index contributed by atoms with van der Waals surface area (Å²) < 4.78 is 19.4. The molecule has 2 heterocycles. The minimum Gasteiger partial charge on any atom is -0.490 e. The van der Waals surface area contributed by atoms with Gasteiger partial charge in [-0.3, -0.25) is 9.69 Å². The van der Waals surface area contributed by atoms with Gasteiger partial charge in [-0.2, -0.15) is 0 Å². The molecular formula is C35H39FN2O2. The maximum Gasteiger partial charge on any atom is 0.163 e. The molecule has 0 radical (unpaired) electrons. The molecule has 3 aromatic carbocycles. The Bertz CT molecular complexity index is 1340. The molecule has 0 saturated carbocycles. The van der Waals surface area contributed by atoms with Gasteiger partial charge >= 0.3 is 0 Å². The van der Waals surface area contributed by atoms with Crippen LogP contribution in [0.15, 0.2) is 72.8 Å². The van der Waals surface area contributed by atoms with Crippen molar-refractivity contribution in [2.24, 2.45) is 0 Å². The highest BCUT2D eigenvalue weighted by Crippen LogP contribution is 2.24. The van der Waals surface area contributed by atoms with E-state index in [4.69, 9.17) is 4.74 Å². The van der Waals surface area contributed by atoms with Crippen LogP contribution in [0.5, 0.6) is 5.75 Å². The number of likely N-dealkylation sites (tertiary alicyclic amines) is 2. The van der Waals surface area contributed by atoms with Gasteiger partial charge in [0.15, 0.2) is 5.78 Å². The maximum atomic E-state index is 13.1. The highest BCUT2D eigenvalue weighted by atomic mass is 19.1. The molecule has 0 spiro atoms. The predicted molar refractivity (Wildman–Crippen MR) is 158 cm³/mol. The van der Waals surface area contributed by atoms with Crippen LogP contribution in [0.2, 0.25) is 0 Å². The number of rotatable bonds is 9. The van der Waals surface area contributed by atoms with Crippen molar-refractivity contribution < 1.29 is 13.9 Å². The third-order valence-corrected chi connectivity index (χ3v) is 8.13. The number of nitrogens with zero attached hydrogens (tertiary/aromatic N) is 2. The van der Waals surface area contributed by atoms with Crippen LogP contribution in [0.3, 0.4) is 0 Å². The molecule has 2 aliphatic heterocycles. The van der Waals surface area contributed by atoms with Crippen LogP contribution in [-0.2, 0) is 6.54 Å². The Morgan fingerprint density at radius 2 is 1.70 bits per heavy atom. The number of piperidine rings is 1. The van der Waals surface area contributed by atoms with Crippen molar-refractivity contribution in [1.29, 1.82) is 0 Å². The lowest BCUT2D eigenvalue weighted by Crippen LogP contribution is -2.37. The van der Waals surface area contributed by atoms with Crippen molar-refractivity contribution in [1.82, 2.24) is 9.80 Å². The van der Waals surface area contributed by atoms with E-state index in [0.717, 1.165) is 74.4 Å². The normalized spacial score (nSPS) is 18.3. The van der Waals surface area contributed by atoms with E-state index in [0.29, 0.717) is 12.5 Å². The van der Waals surface area contributed by atoms with Crippen LogP contribution in [-0.4, -0.2) is 53.9 Å². The zero-order valence-corrected chi connectivity index (χ0v) is 23.4. The molecule has 0 unspecified atom stereocenters. The van der Waals surface area contributed by atoms with Crippen LogP contribution in [0.1, 0.15) is 72.5 Å². The van der Waals surface area contributed by atoms with E-state index in [1.807, 2.05) is 36.4 Å². The summed E-state index contributed by atoms with van der Waals surface area (Å²) in [4.78, 5) is 17.9. The Labute approximate surface area is 238 Å². The van der Waals surface area contributed by atoms with Crippen LogP contribution < -0.4 is 4.74 Å². The quantitative estimate of drug-likeness (QED) is 0.224. The van der Waals surface area contributed by atoms with Gasteiger partial charge in [0, 0.05) is 48.8 Å². The molecule has 2 fully saturated rings. The summed E-state index contributed by atoms with van der Waals surface area (Å²) in [6.07, 6.45) is 6.07. The molecule has 5 rings (SSSR count). The molecule has 0 aromatic heterocycles. The third-order valence-electron chi connectivity index (χ3n) is 8.13. The molecule has 4 nitrogen and oxygen atoms in total. The SMILES string of the molecule is CCN1CCC[C@@H]1CCC(=O)c1cccc(OC2CCN(Cc3cccc(C#Cc4ccc(F)cc4)c3)CC2)c1. The molecule has 208 valence electrons. The Kier molecular flexibility index (Phi) is 9.65. The van der Waals surface area contributed by atoms with E-state index in [9.17, 15) is 9.18 Å². The van der Waals surface area contributed by atoms with Crippen LogP contribution >= 0.6 is 0 Å². The molecule has 2 saturated heterocycles. The molecule has 0 bridgehead atoms. The number of carbonyl (C=O) groups is 1. The minimum absolute atomic E-state index is 0.158. The summed E-state index contributed by atoms with van der Waals surface area (Å²) in [7, 11) is 0. The van der Waals surface area contributed by atoms with Gasteiger partial charge in [0.2, 0.25) is 0 Å². The first-order valence-corrected chi connectivity index (χ1v) is 14.7. The van der Waals surface area contributed by atoms with Gasteiger partial charge < -0.3 is 9.64 Å². The van der Waals surface area contributed by atoms with E-state index < -0.39 is 0 Å². The Balaban J connectivity index is 1.09. The predicted octanol–water partition coefficient (Wildman–Crippen LogP) is 6.72. The van der Waals surface area contributed by atoms with Gasteiger partial charge in [0.05, 0.1) is 0 Å². The largest absolute Gasteiger partial charge is 0.490 e. The number of ketones is 1. The zero-order valence-electron chi connectivity index (χ0n) is 23.4. The molecule has 0 N–H and O–H groups in total. The first kappa shape index (κ1) is 28.1. The van der Waals surface area contributed by atoms with Crippen molar-refractivity contribution in [2.45, 2.75) is 64.1 Å². The van der Waals surface area contributed by atoms with Crippen molar-refractivity contribution in [3.8, 4) is 17.6 Å². The van der Waals surface area contributed by atoms with Crippen molar-refractivity contribution in [3.63, 3.8) is 0 Å². The topological polar surface area (TPSA) is 32.8 Å². The standard InChI is InChI=1S/C35H39FN2O2/c1-2-38-21-5-9-32(38)17-18-35(39)30-8-4-10-34(25-30)40-33-19-22-37(23-20-33)26-29-7-3-6-28(24-29)12-11-27-13-15-31(36)16-14-27/h3-4,6-8,10,13-16,24-25,32-33H,2,5,9,17-23,26H2,1H3/t32-/m1/s1. The minimum atomic E-state index is -0.251.